The van der Waals surface area contributed by atoms with Gasteiger partial charge in [0.25, 0.3) is 5.91 Å². The summed E-state index contributed by atoms with van der Waals surface area (Å²) >= 11 is 6.13. The van der Waals surface area contributed by atoms with E-state index in [1.807, 2.05) is 38.4 Å². The van der Waals surface area contributed by atoms with Crippen molar-refractivity contribution >= 4 is 46.1 Å². The van der Waals surface area contributed by atoms with Gasteiger partial charge in [-0.3, -0.25) is 9.59 Å². The quantitative estimate of drug-likeness (QED) is 0.399. The Balaban J connectivity index is 1.77. The van der Waals surface area contributed by atoms with Crippen LogP contribution >= 0.6 is 11.6 Å². The molecule has 0 aromatic heterocycles. The number of anilines is 2. The molecule has 1 aliphatic heterocycles. The summed E-state index contributed by atoms with van der Waals surface area (Å²) in [6.07, 6.45) is 0.838. The van der Waals surface area contributed by atoms with Crippen LogP contribution in [0, 0.1) is 0 Å². The lowest BCUT2D eigenvalue weighted by Gasteiger charge is -2.16. The summed E-state index contributed by atoms with van der Waals surface area (Å²) < 4.78 is 0. The third kappa shape index (κ3) is 5.47. The minimum atomic E-state index is -0.911. The number of hydrogen-bond donors (Lipinski definition) is 3. The van der Waals surface area contributed by atoms with E-state index >= 15 is 0 Å². The van der Waals surface area contributed by atoms with E-state index in [2.05, 4.69) is 27.7 Å². The smallest absolute Gasteiger partial charge is 0.307 e. The van der Waals surface area contributed by atoms with Gasteiger partial charge in [0.2, 0.25) is 0 Å². The van der Waals surface area contributed by atoms with E-state index in [4.69, 9.17) is 11.6 Å². The molecule has 0 aliphatic carbocycles. The first-order valence-corrected chi connectivity index (χ1v) is 11.4. The van der Waals surface area contributed by atoms with Gasteiger partial charge < -0.3 is 20.6 Å². The number of carboxylic acid groups (broad SMARTS) is 1. The molecular weight excluding hydrogens is 450 g/mol. The molecule has 0 saturated heterocycles. The van der Waals surface area contributed by atoms with E-state index in [0.717, 1.165) is 29.8 Å². The van der Waals surface area contributed by atoms with Gasteiger partial charge in [-0.2, -0.15) is 0 Å². The number of amides is 1. The second-order valence-electron chi connectivity index (χ2n) is 8.54. The number of nitrogens with zero attached hydrogens (tertiary/aromatic N) is 1. The summed E-state index contributed by atoms with van der Waals surface area (Å²) in [5, 5.41) is 16.1. The molecule has 174 valence electrons. The zero-order valence-electron chi connectivity index (χ0n) is 19.1. The van der Waals surface area contributed by atoms with Crippen molar-refractivity contribution in [3.63, 3.8) is 0 Å². The van der Waals surface area contributed by atoms with E-state index in [-0.39, 0.29) is 12.3 Å². The average molecular weight is 476 g/mol. The highest BCUT2D eigenvalue weighted by atomic mass is 35.5. The molecule has 1 aliphatic rings. The number of fused-ring (bicyclic) bond motifs is 1. The topological polar surface area (TPSA) is 81.7 Å². The van der Waals surface area contributed by atoms with Gasteiger partial charge in [-0.05, 0) is 67.5 Å². The lowest BCUT2D eigenvalue weighted by atomic mass is 9.98. The summed E-state index contributed by atoms with van der Waals surface area (Å²) in [5.41, 5.74) is 5.89. The summed E-state index contributed by atoms with van der Waals surface area (Å²) in [4.78, 5) is 26.5. The Morgan fingerprint density at radius 1 is 1.03 bits per heavy atom. The predicted molar refractivity (Wildman–Crippen MR) is 137 cm³/mol. The van der Waals surface area contributed by atoms with Crippen LogP contribution in [-0.2, 0) is 22.4 Å². The molecule has 3 aromatic rings. The summed E-state index contributed by atoms with van der Waals surface area (Å²) in [7, 11) is 4.09. The van der Waals surface area contributed by atoms with Crippen molar-refractivity contribution in [1.29, 1.82) is 0 Å². The number of carboxylic acids is 1. The third-order valence-electron chi connectivity index (χ3n) is 5.62. The summed E-state index contributed by atoms with van der Waals surface area (Å²) in [6, 6.07) is 20.6. The molecule has 1 heterocycles. The second kappa shape index (κ2) is 10.1. The van der Waals surface area contributed by atoms with Gasteiger partial charge in [-0.1, -0.05) is 48.0 Å². The lowest BCUT2D eigenvalue weighted by Crippen LogP contribution is -2.15. The van der Waals surface area contributed by atoms with Gasteiger partial charge >= 0.3 is 5.97 Å². The molecule has 0 radical (unpaired) electrons. The van der Waals surface area contributed by atoms with Crippen molar-refractivity contribution in [2.45, 2.75) is 12.8 Å². The Hall–Kier alpha value is -3.61. The van der Waals surface area contributed by atoms with Crippen LogP contribution in [0.25, 0.3) is 11.3 Å². The molecule has 0 spiro atoms. The van der Waals surface area contributed by atoms with Crippen molar-refractivity contribution in [2.75, 3.05) is 31.3 Å². The van der Waals surface area contributed by atoms with Gasteiger partial charge in [-0.25, -0.2) is 0 Å². The highest BCUT2D eigenvalue weighted by molar-refractivity contribution is 6.38. The van der Waals surface area contributed by atoms with Gasteiger partial charge in [0.1, 0.15) is 0 Å². The van der Waals surface area contributed by atoms with E-state index in [1.54, 1.807) is 30.3 Å². The maximum absolute atomic E-state index is 13.1. The first-order valence-electron chi connectivity index (χ1n) is 11.0. The first kappa shape index (κ1) is 23.5. The highest BCUT2D eigenvalue weighted by Gasteiger charge is 2.28. The Morgan fingerprint density at radius 3 is 2.50 bits per heavy atom. The van der Waals surface area contributed by atoms with Crippen molar-refractivity contribution in [3.05, 3.63) is 94.0 Å². The minimum absolute atomic E-state index is 0.102. The number of rotatable bonds is 8. The van der Waals surface area contributed by atoms with Crippen LogP contribution in [0.5, 0.6) is 0 Å². The molecule has 4 rings (SSSR count). The van der Waals surface area contributed by atoms with Crippen LogP contribution in [0.4, 0.5) is 11.4 Å². The minimum Gasteiger partial charge on any atom is -0.481 e. The number of halogens is 1. The number of carbonyl (C=O) groups is 2. The third-order valence-corrected chi connectivity index (χ3v) is 5.85. The van der Waals surface area contributed by atoms with Crippen LogP contribution in [-0.4, -0.2) is 42.5 Å². The predicted octanol–water partition coefficient (Wildman–Crippen LogP) is 5.00. The molecule has 7 heteroatoms. The van der Waals surface area contributed by atoms with Crippen LogP contribution in [0.1, 0.15) is 22.3 Å². The largest absolute Gasteiger partial charge is 0.481 e. The number of benzene rings is 3. The highest BCUT2D eigenvalue weighted by Crippen LogP contribution is 2.39. The fraction of sp³-hybridized carbons (Fsp3) is 0.185. The number of aliphatic carboxylic acids is 1. The molecule has 3 N–H and O–H groups in total. The molecule has 0 fully saturated rings. The van der Waals surface area contributed by atoms with E-state index in [9.17, 15) is 14.7 Å². The fourth-order valence-electron chi connectivity index (χ4n) is 3.94. The maximum atomic E-state index is 13.1. The first-order chi connectivity index (χ1) is 16.3. The van der Waals surface area contributed by atoms with Gasteiger partial charge in [0, 0.05) is 22.8 Å². The molecule has 1 amide bonds. The molecule has 6 nitrogen and oxygen atoms in total. The SMILES string of the molecule is CN(C)CCc1ccc(N/C(=C2\C(=O)Nc3cc(Cl)ccc32)c2cccc(CC(=O)O)c2)cc1. The van der Waals surface area contributed by atoms with Crippen LogP contribution in [0.3, 0.4) is 0 Å². The number of carbonyl (C=O) groups excluding carboxylic acids is 1. The summed E-state index contributed by atoms with van der Waals surface area (Å²) in [5.74, 6) is -1.16. The monoisotopic (exact) mass is 475 g/mol. The summed E-state index contributed by atoms with van der Waals surface area (Å²) in [6.45, 7) is 0.956. The Morgan fingerprint density at radius 2 is 1.79 bits per heavy atom. The molecule has 0 atom stereocenters. The Kier molecular flexibility index (Phi) is 7.01. The zero-order chi connectivity index (χ0) is 24.2. The van der Waals surface area contributed by atoms with E-state index in [0.29, 0.717) is 27.5 Å². The van der Waals surface area contributed by atoms with Crippen molar-refractivity contribution < 1.29 is 14.7 Å². The Labute approximate surface area is 203 Å². The Bertz CT molecular complexity index is 1270. The average Bonchev–Trinajstić information content (AvgIpc) is 3.11. The molecule has 34 heavy (non-hydrogen) atoms. The van der Waals surface area contributed by atoms with Gasteiger partial charge in [0.15, 0.2) is 0 Å². The van der Waals surface area contributed by atoms with Crippen molar-refractivity contribution in [3.8, 4) is 0 Å². The molecule has 0 saturated carbocycles. The molecular formula is C27H26ClN3O3. The molecule has 0 bridgehead atoms. The van der Waals surface area contributed by atoms with E-state index < -0.39 is 5.97 Å². The standard InChI is InChI=1S/C27H26ClN3O3/c1-31(2)13-12-17-6-9-21(10-7-17)29-26(19-5-3-4-18(14-19)15-24(32)33)25-22-11-8-20(28)16-23(22)30-27(25)34/h3-11,14,16,29H,12-13,15H2,1-2H3,(H,30,34)(H,32,33)/b26-25-. The lowest BCUT2D eigenvalue weighted by molar-refractivity contribution is -0.136. The second-order valence-corrected chi connectivity index (χ2v) is 8.98. The van der Waals surface area contributed by atoms with Gasteiger partial charge in [0.05, 0.1) is 23.4 Å². The van der Waals surface area contributed by atoms with Crippen LogP contribution in [0.2, 0.25) is 5.02 Å². The number of nitrogens with one attached hydrogen (secondary N) is 2. The molecule has 0 unspecified atom stereocenters. The normalized spacial score (nSPS) is 14.1. The number of likely N-dealkylation sites (N-methyl/N-ethyl adjacent to an activating group) is 1. The zero-order valence-corrected chi connectivity index (χ0v) is 19.8. The van der Waals surface area contributed by atoms with E-state index in [1.165, 1.54) is 5.56 Å². The number of hydrogen-bond acceptors (Lipinski definition) is 4. The van der Waals surface area contributed by atoms with Crippen LogP contribution < -0.4 is 10.6 Å². The van der Waals surface area contributed by atoms with Gasteiger partial charge in [-0.15, -0.1) is 0 Å². The van der Waals surface area contributed by atoms with Crippen molar-refractivity contribution in [2.24, 2.45) is 0 Å². The molecule has 3 aromatic carbocycles. The fourth-order valence-corrected chi connectivity index (χ4v) is 4.11. The maximum Gasteiger partial charge on any atom is 0.307 e. The van der Waals surface area contributed by atoms with Crippen LogP contribution in [0.15, 0.2) is 66.7 Å². The van der Waals surface area contributed by atoms with Crippen molar-refractivity contribution in [1.82, 2.24) is 4.90 Å².